The molecule has 2 aromatic rings. The zero-order chi connectivity index (χ0) is 14.8. The summed E-state index contributed by atoms with van der Waals surface area (Å²) in [5.41, 5.74) is 0.751. The Hall–Kier alpha value is -2.11. The predicted molar refractivity (Wildman–Crippen MR) is 67.7 cm³/mol. The van der Waals surface area contributed by atoms with Crippen LogP contribution in [0.3, 0.4) is 0 Å². The molecule has 2 rings (SSSR count). The van der Waals surface area contributed by atoms with E-state index >= 15 is 0 Å². The number of hydrogen-bond donors (Lipinski definition) is 1. The van der Waals surface area contributed by atoms with E-state index in [1.165, 1.54) is 12.1 Å². The van der Waals surface area contributed by atoms with Gasteiger partial charge >= 0.3 is 6.18 Å². The first-order chi connectivity index (χ1) is 9.36. The second-order valence-corrected chi connectivity index (χ2v) is 4.37. The zero-order valence-electron chi connectivity index (χ0n) is 10.6. The highest BCUT2D eigenvalue weighted by atomic mass is 19.4. The molecule has 0 radical (unpaired) electrons. The highest BCUT2D eigenvalue weighted by Gasteiger charge is 2.31. The van der Waals surface area contributed by atoms with Crippen molar-refractivity contribution in [2.24, 2.45) is 0 Å². The first-order valence-electron chi connectivity index (χ1n) is 5.88. The number of benzene rings is 1. The Morgan fingerprint density at radius 3 is 2.45 bits per heavy atom. The monoisotopic (exact) mass is 284 g/mol. The average Bonchev–Trinajstić information content (AvgIpc) is 2.40. The highest BCUT2D eigenvalue weighted by Crippen LogP contribution is 2.27. The number of hydrogen-bond acceptors (Lipinski definition) is 2. The van der Waals surface area contributed by atoms with Crippen LogP contribution in [0.25, 0.3) is 0 Å². The molecular weight excluding hydrogens is 272 g/mol. The summed E-state index contributed by atoms with van der Waals surface area (Å²) in [6.45, 7) is 1.97. The fraction of sp³-hybridized carbons (Fsp3) is 0.214. The van der Waals surface area contributed by atoms with Gasteiger partial charge in [-0.25, -0.2) is 9.37 Å². The Labute approximate surface area is 113 Å². The number of aromatic nitrogens is 1. The van der Waals surface area contributed by atoms with Crippen molar-refractivity contribution in [2.75, 3.05) is 5.32 Å². The van der Waals surface area contributed by atoms with Crippen LogP contribution in [0.2, 0.25) is 0 Å². The molecule has 1 heterocycles. The Morgan fingerprint density at radius 2 is 1.90 bits per heavy atom. The van der Waals surface area contributed by atoms with Gasteiger partial charge in [-0.2, -0.15) is 13.2 Å². The van der Waals surface area contributed by atoms with Crippen molar-refractivity contribution in [3.05, 3.63) is 59.2 Å². The fourth-order valence-electron chi connectivity index (χ4n) is 1.62. The molecule has 1 N–H and O–H groups in total. The number of nitrogens with zero attached hydrogens (tertiary/aromatic N) is 1. The number of alkyl halides is 3. The molecule has 0 amide bonds. The van der Waals surface area contributed by atoms with E-state index in [2.05, 4.69) is 10.3 Å². The zero-order valence-corrected chi connectivity index (χ0v) is 10.6. The van der Waals surface area contributed by atoms with Crippen molar-refractivity contribution in [1.82, 2.24) is 4.98 Å². The number of anilines is 1. The lowest BCUT2D eigenvalue weighted by Gasteiger charge is -2.09. The molecule has 1 aromatic heterocycles. The second kappa shape index (κ2) is 5.48. The number of aryl methyl sites for hydroxylation is 1. The van der Waals surface area contributed by atoms with Crippen LogP contribution in [0.4, 0.5) is 23.2 Å². The van der Waals surface area contributed by atoms with Gasteiger partial charge in [0.15, 0.2) is 0 Å². The summed E-state index contributed by atoms with van der Waals surface area (Å²) < 4.78 is 50.3. The summed E-state index contributed by atoms with van der Waals surface area (Å²) >= 11 is 0. The van der Waals surface area contributed by atoms with Crippen molar-refractivity contribution < 1.29 is 17.6 Å². The molecule has 2 nitrogen and oxygen atoms in total. The average molecular weight is 284 g/mol. The van der Waals surface area contributed by atoms with E-state index in [1.54, 1.807) is 19.1 Å². The van der Waals surface area contributed by atoms with Crippen molar-refractivity contribution in [3.63, 3.8) is 0 Å². The van der Waals surface area contributed by atoms with E-state index in [4.69, 9.17) is 0 Å². The molecule has 1 aromatic carbocycles. The minimum atomic E-state index is -4.45. The lowest BCUT2D eigenvalue weighted by molar-refractivity contribution is -0.141. The van der Waals surface area contributed by atoms with Crippen LogP contribution in [0.5, 0.6) is 0 Å². The molecule has 0 aliphatic rings. The van der Waals surface area contributed by atoms with E-state index in [-0.39, 0.29) is 5.82 Å². The van der Waals surface area contributed by atoms with E-state index in [1.807, 2.05) is 0 Å². The van der Waals surface area contributed by atoms with Crippen LogP contribution in [0.15, 0.2) is 36.5 Å². The molecule has 0 unspecified atom stereocenters. The summed E-state index contributed by atoms with van der Waals surface area (Å²) in [5.74, 6) is -0.310. The van der Waals surface area contributed by atoms with E-state index in [0.717, 1.165) is 12.3 Å². The third kappa shape index (κ3) is 3.46. The quantitative estimate of drug-likeness (QED) is 0.856. The first-order valence-corrected chi connectivity index (χ1v) is 5.88. The smallest absolute Gasteiger partial charge is 0.380 e. The van der Waals surface area contributed by atoms with Crippen LogP contribution in [-0.2, 0) is 12.7 Å². The number of halogens is 4. The summed E-state index contributed by atoms with van der Waals surface area (Å²) in [7, 11) is 0. The summed E-state index contributed by atoms with van der Waals surface area (Å²) in [6.07, 6.45) is -3.34. The lowest BCUT2D eigenvalue weighted by Crippen LogP contribution is -2.08. The van der Waals surface area contributed by atoms with E-state index < -0.39 is 11.9 Å². The van der Waals surface area contributed by atoms with Crippen LogP contribution in [0, 0.1) is 12.7 Å². The summed E-state index contributed by atoms with van der Waals surface area (Å²) in [6, 6.07) is 6.98. The van der Waals surface area contributed by atoms with Crippen molar-refractivity contribution in [2.45, 2.75) is 19.6 Å². The first kappa shape index (κ1) is 14.3. The van der Waals surface area contributed by atoms with Gasteiger partial charge in [0, 0.05) is 6.54 Å². The Morgan fingerprint density at radius 1 is 1.15 bits per heavy atom. The molecule has 0 bridgehead atoms. The van der Waals surface area contributed by atoms with Crippen LogP contribution in [0.1, 0.15) is 16.8 Å². The van der Waals surface area contributed by atoms with Gasteiger partial charge in [0.2, 0.25) is 0 Å². The summed E-state index contributed by atoms with van der Waals surface area (Å²) in [4.78, 5) is 3.33. The largest absolute Gasteiger partial charge is 0.433 e. The topological polar surface area (TPSA) is 24.9 Å². The van der Waals surface area contributed by atoms with Gasteiger partial charge in [-0.3, -0.25) is 0 Å². The van der Waals surface area contributed by atoms with Crippen LogP contribution >= 0.6 is 0 Å². The molecule has 20 heavy (non-hydrogen) atoms. The highest BCUT2D eigenvalue weighted by molar-refractivity contribution is 5.42. The fourth-order valence-corrected chi connectivity index (χ4v) is 1.62. The van der Waals surface area contributed by atoms with Crippen molar-refractivity contribution in [3.8, 4) is 0 Å². The van der Waals surface area contributed by atoms with Crippen molar-refractivity contribution >= 4 is 5.69 Å². The van der Waals surface area contributed by atoms with E-state index in [9.17, 15) is 17.6 Å². The molecular formula is C14H12F4N2. The van der Waals surface area contributed by atoms with Gasteiger partial charge in [-0.1, -0.05) is 12.1 Å². The second-order valence-electron chi connectivity index (χ2n) is 4.37. The maximum atomic E-state index is 13.3. The molecule has 0 fully saturated rings. The third-order valence-electron chi connectivity index (χ3n) is 2.79. The van der Waals surface area contributed by atoms with Gasteiger partial charge in [0.05, 0.1) is 11.9 Å². The normalized spacial score (nSPS) is 11.4. The summed E-state index contributed by atoms with van der Waals surface area (Å²) in [5, 5.41) is 2.89. The van der Waals surface area contributed by atoms with Crippen LogP contribution < -0.4 is 5.32 Å². The standard InChI is InChI=1S/C14H12F4N2/c1-9-2-3-10(6-12(9)15)7-19-11-4-5-13(20-8-11)14(16,17)18/h2-6,8,19H,7H2,1H3. The number of rotatable bonds is 3. The SMILES string of the molecule is Cc1ccc(CNc2ccc(C(F)(F)F)nc2)cc1F. The van der Waals surface area contributed by atoms with Crippen molar-refractivity contribution in [1.29, 1.82) is 0 Å². The lowest BCUT2D eigenvalue weighted by atomic mass is 10.1. The van der Waals surface area contributed by atoms with Gasteiger partial charge in [-0.15, -0.1) is 0 Å². The molecule has 0 spiro atoms. The molecule has 6 heteroatoms. The molecule has 0 atom stereocenters. The number of pyridine rings is 1. The van der Waals surface area contributed by atoms with Gasteiger partial charge in [0.1, 0.15) is 11.5 Å². The van der Waals surface area contributed by atoms with Crippen LogP contribution in [-0.4, -0.2) is 4.98 Å². The molecule has 0 aliphatic heterocycles. The van der Waals surface area contributed by atoms with Gasteiger partial charge in [0.25, 0.3) is 0 Å². The minimum Gasteiger partial charge on any atom is -0.380 e. The van der Waals surface area contributed by atoms with E-state index in [0.29, 0.717) is 23.4 Å². The van der Waals surface area contributed by atoms with Gasteiger partial charge in [-0.05, 0) is 36.2 Å². The maximum Gasteiger partial charge on any atom is 0.433 e. The maximum absolute atomic E-state index is 13.3. The molecule has 0 aliphatic carbocycles. The Balaban J connectivity index is 2.02. The Bertz CT molecular complexity index is 591. The number of nitrogens with one attached hydrogen (secondary N) is 1. The molecule has 106 valence electrons. The van der Waals surface area contributed by atoms with Gasteiger partial charge < -0.3 is 5.32 Å². The Kier molecular flexibility index (Phi) is 3.92. The molecule has 0 saturated heterocycles. The third-order valence-corrected chi connectivity index (χ3v) is 2.79. The predicted octanol–water partition coefficient (Wildman–Crippen LogP) is 4.16. The minimum absolute atomic E-state index is 0.310. The molecule has 0 saturated carbocycles.